The van der Waals surface area contributed by atoms with Gasteiger partial charge < -0.3 is 40.3 Å². The average molecular weight is 702 g/mol. The lowest BCUT2D eigenvalue weighted by Gasteiger charge is -2.36. The highest BCUT2D eigenvalue weighted by atomic mass is 16.5. The highest BCUT2D eigenvalue weighted by Crippen LogP contribution is 2.29. The van der Waals surface area contributed by atoms with Gasteiger partial charge in [-0.3, -0.25) is 4.79 Å². The molecule has 11 heteroatoms. The molecule has 0 unspecified atom stereocenters. The maximum atomic E-state index is 14.5. The van der Waals surface area contributed by atoms with E-state index in [0.717, 1.165) is 55.7 Å². The van der Waals surface area contributed by atoms with Crippen LogP contribution in [0.3, 0.4) is 0 Å². The van der Waals surface area contributed by atoms with Crippen LogP contribution in [0.2, 0.25) is 0 Å². The Labute approximate surface area is 302 Å². The third-order valence-corrected chi connectivity index (χ3v) is 10.1. The minimum atomic E-state index is -0.516. The van der Waals surface area contributed by atoms with E-state index in [1.165, 1.54) is 6.42 Å². The number of aliphatic hydroxyl groups is 1. The van der Waals surface area contributed by atoms with Crippen LogP contribution in [0.15, 0.2) is 60.7 Å². The minimum absolute atomic E-state index is 0.113. The van der Waals surface area contributed by atoms with Crippen LogP contribution in [0.4, 0.5) is 21.0 Å². The van der Waals surface area contributed by atoms with Gasteiger partial charge in [0.1, 0.15) is 5.75 Å². The van der Waals surface area contributed by atoms with Crippen molar-refractivity contribution in [3.05, 3.63) is 66.2 Å². The lowest BCUT2D eigenvalue weighted by atomic mass is 9.96. The number of rotatable bonds is 7. The van der Waals surface area contributed by atoms with Gasteiger partial charge in [0.25, 0.3) is 5.91 Å². The maximum absolute atomic E-state index is 14.5. The number of anilines is 2. The molecule has 3 aromatic rings. The second kappa shape index (κ2) is 18.2. The summed E-state index contributed by atoms with van der Waals surface area (Å²) in [6, 6.07) is 17.7. The minimum Gasteiger partial charge on any atom is -0.490 e. The normalized spacial score (nSPS) is 21.5. The number of carbonyl (C=O) groups excluding carboxylic acids is 3. The predicted octanol–water partition coefficient (Wildman–Crippen LogP) is 7.25. The molecule has 11 nitrogen and oxygen atoms in total. The number of benzene rings is 3. The Hall–Kier alpha value is -4.35. The van der Waals surface area contributed by atoms with Crippen LogP contribution in [-0.2, 0) is 4.74 Å². The fourth-order valence-electron chi connectivity index (χ4n) is 6.97. The molecule has 0 radical (unpaired) electrons. The number of urea groups is 2. The van der Waals surface area contributed by atoms with Crippen molar-refractivity contribution in [1.82, 2.24) is 15.1 Å². The first-order chi connectivity index (χ1) is 24.6. The largest absolute Gasteiger partial charge is 0.490 e. The van der Waals surface area contributed by atoms with Gasteiger partial charge in [-0.25, -0.2) is 9.59 Å². The lowest BCUT2D eigenvalue weighted by molar-refractivity contribution is -0.0123. The van der Waals surface area contributed by atoms with Gasteiger partial charge in [-0.2, -0.15) is 0 Å². The van der Waals surface area contributed by atoms with Crippen LogP contribution in [0.1, 0.15) is 82.5 Å². The van der Waals surface area contributed by atoms with Crippen LogP contribution >= 0.6 is 0 Å². The Morgan fingerprint density at radius 2 is 1.71 bits per heavy atom. The molecule has 1 heterocycles. The van der Waals surface area contributed by atoms with Crippen LogP contribution in [0.5, 0.6) is 5.75 Å². The Balaban J connectivity index is 1.36. The maximum Gasteiger partial charge on any atom is 0.323 e. The zero-order valence-corrected chi connectivity index (χ0v) is 30.5. The topological polar surface area (TPSA) is 132 Å². The zero-order valence-electron chi connectivity index (χ0n) is 30.5. The van der Waals surface area contributed by atoms with Crippen molar-refractivity contribution in [3.8, 4) is 5.75 Å². The summed E-state index contributed by atoms with van der Waals surface area (Å²) in [7, 11) is 1.79. The molecule has 1 aliphatic heterocycles. The zero-order chi connectivity index (χ0) is 36.3. The quantitative estimate of drug-likeness (QED) is 0.205. The van der Waals surface area contributed by atoms with Gasteiger partial charge in [0.05, 0.1) is 36.1 Å². The van der Waals surface area contributed by atoms with Crippen molar-refractivity contribution in [2.75, 3.05) is 44.0 Å². The molecule has 5 rings (SSSR count). The summed E-state index contributed by atoms with van der Waals surface area (Å²) < 4.78 is 12.8. The van der Waals surface area contributed by atoms with Crippen molar-refractivity contribution in [1.29, 1.82) is 0 Å². The first-order valence-corrected chi connectivity index (χ1v) is 18.5. The van der Waals surface area contributed by atoms with Crippen molar-refractivity contribution < 1.29 is 29.0 Å². The van der Waals surface area contributed by atoms with E-state index >= 15 is 0 Å². The number of ether oxygens (including phenoxy) is 2. The van der Waals surface area contributed by atoms with Crippen molar-refractivity contribution in [3.63, 3.8) is 0 Å². The van der Waals surface area contributed by atoms with E-state index in [4.69, 9.17) is 9.47 Å². The smallest absolute Gasteiger partial charge is 0.323 e. The van der Waals surface area contributed by atoms with E-state index in [-0.39, 0.29) is 54.8 Å². The van der Waals surface area contributed by atoms with Crippen molar-refractivity contribution in [2.45, 2.75) is 96.4 Å². The third-order valence-electron chi connectivity index (χ3n) is 10.1. The summed E-state index contributed by atoms with van der Waals surface area (Å²) in [4.78, 5) is 44.2. The van der Waals surface area contributed by atoms with Crippen molar-refractivity contribution in [2.24, 2.45) is 5.92 Å². The van der Waals surface area contributed by atoms with Gasteiger partial charge in [-0.1, -0.05) is 62.6 Å². The number of likely N-dealkylation sites (N-methyl/N-ethyl adjacent to an activating group) is 1. The Kier molecular flexibility index (Phi) is 13.5. The monoisotopic (exact) mass is 701 g/mol. The fourth-order valence-corrected chi connectivity index (χ4v) is 6.97. The van der Waals surface area contributed by atoms with E-state index in [0.29, 0.717) is 30.3 Å². The van der Waals surface area contributed by atoms with Gasteiger partial charge in [-0.05, 0) is 75.6 Å². The van der Waals surface area contributed by atoms with Gasteiger partial charge in [-0.15, -0.1) is 0 Å². The second-order valence-corrected chi connectivity index (χ2v) is 14.3. The van der Waals surface area contributed by atoms with Crippen LogP contribution in [0, 0.1) is 5.92 Å². The molecule has 2 aliphatic rings. The molecule has 1 aliphatic carbocycles. The second-order valence-electron chi connectivity index (χ2n) is 14.3. The molecule has 1 saturated carbocycles. The lowest BCUT2D eigenvalue weighted by Crippen LogP contribution is -2.50. The summed E-state index contributed by atoms with van der Waals surface area (Å²) in [6.45, 7) is 6.72. The summed E-state index contributed by atoms with van der Waals surface area (Å²) in [5, 5.41) is 21.2. The molecule has 4 atom stereocenters. The Morgan fingerprint density at radius 3 is 2.49 bits per heavy atom. The molecule has 5 amide bonds. The van der Waals surface area contributed by atoms with E-state index < -0.39 is 12.1 Å². The fraction of sp³-hybridized carbons (Fsp3) is 0.525. The molecule has 0 saturated heterocycles. The van der Waals surface area contributed by atoms with Crippen LogP contribution in [0.25, 0.3) is 10.8 Å². The van der Waals surface area contributed by atoms with Crippen molar-refractivity contribution >= 4 is 40.1 Å². The molecular formula is C40H55N5O6. The van der Waals surface area contributed by atoms with Crippen LogP contribution < -0.4 is 20.7 Å². The number of hydrogen-bond acceptors (Lipinski definition) is 6. The number of amides is 5. The van der Waals surface area contributed by atoms with Gasteiger partial charge in [0, 0.05) is 49.8 Å². The van der Waals surface area contributed by atoms with Crippen LogP contribution in [-0.4, -0.2) is 90.5 Å². The third kappa shape index (κ3) is 10.4. The molecule has 0 bridgehead atoms. The Morgan fingerprint density at radius 1 is 0.961 bits per heavy atom. The van der Waals surface area contributed by atoms with Gasteiger partial charge >= 0.3 is 12.1 Å². The SMILES string of the molecule is C[C@@H]1CCCCO[C@H](CN(C)C(=O)NC2CCCCC2)[C@@H](C)CN([C@H](C)CO)C(=O)c2cc(NC(=O)Nc3cccc4ccccc34)ccc2O1. The average Bonchev–Trinajstić information content (AvgIpc) is 3.13. The summed E-state index contributed by atoms with van der Waals surface area (Å²) in [5.74, 6) is -0.0888. The molecular weight excluding hydrogens is 646 g/mol. The van der Waals surface area contributed by atoms with Gasteiger partial charge in [0.15, 0.2) is 0 Å². The number of carbonyl (C=O) groups is 3. The number of aliphatic hydroxyl groups excluding tert-OH is 1. The highest BCUT2D eigenvalue weighted by Gasteiger charge is 2.31. The number of nitrogens with zero attached hydrogens (tertiary/aromatic N) is 2. The molecule has 3 aromatic carbocycles. The number of hydrogen-bond donors (Lipinski definition) is 4. The van der Waals surface area contributed by atoms with Gasteiger partial charge in [0.2, 0.25) is 0 Å². The summed E-state index contributed by atoms with van der Waals surface area (Å²) in [6.07, 6.45) is 7.41. The van der Waals surface area contributed by atoms with E-state index in [9.17, 15) is 19.5 Å². The van der Waals surface area contributed by atoms with E-state index in [2.05, 4.69) is 16.0 Å². The summed E-state index contributed by atoms with van der Waals surface area (Å²) in [5.41, 5.74) is 1.38. The molecule has 0 spiro atoms. The Bertz CT molecular complexity index is 1620. The molecule has 51 heavy (non-hydrogen) atoms. The number of nitrogens with one attached hydrogen (secondary N) is 3. The first-order valence-electron chi connectivity index (χ1n) is 18.5. The molecule has 1 fully saturated rings. The summed E-state index contributed by atoms with van der Waals surface area (Å²) >= 11 is 0. The van der Waals surface area contributed by atoms with E-state index in [1.807, 2.05) is 56.3 Å². The first kappa shape index (κ1) is 37.9. The molecule has 0 aromatic heterocycles. The van der Waals surface area contributed by atoms with E-state index in [1.54, 1.807) is 42.0 Å². The molecule has 276 valence electrons. The standard InChI is InChI=1S/C40H55N5O6/c1-27-24-45(28(2)26-46)38(47)34-23-32(41-39(48)43-35-19-12-15-30-14-8-9-18-33(30)35)20-21-36(34)51-29(3)13-10-11-22-50-37(27)25-44(4)40(49)42-31-16-6-5-7-17-31/h8-9,12,14-15,18-21,23,27-29,31,37,46H,5-7,10-11,13,16-17,22,24-26H2,1-4H3,(H,42,49)(H2,41,43,48)/t27-,28+,29+,37+/m0/s1. The highest BCUT2D eigenvalue weighted by molar-refractivity contribution is 6.07. The molecule has 4 N–H and O–H groups in total. The number of fused-ring (bicyclic) bond motifs is 2. The predicted molar refractivity (Wildman–Crippen MR) is 201 cm³/mol.